The first-order valence-corrected chi connectivity index (χ1v) is 4.43. The highest BCUT2D eigenvalue weighted by molar-refractivity contribution is 6.02. The predicted molar refractivity (Wildman–Crippen MR) is 55.3 cm³/mol. The van der Waals surface area contributed by atoms with Crippen molar-refractivity contribution in [3.63, 3.8) is 0 Å². The van der Waals surface area contributed by atoms with Gasteiger partial charge in [-0.25, -0.2) is 4.39 Å². The molecule has 0 aliphatic heterocycles. The molecule has 0 radical (unpaired) electrons. The number of halogens is 1. The minimum atomic E-state index is -0.578. The number of aromatic nitrogens is 1. The van der Waals surface area contributed by atoms with Gasteiger partial charge in [-0.1, -0.05) is 12.1 Å². The van der Waals surface area contributed by atoms with Crippen molar-refractivity contribution in [2.75, 3.05) is 11.1 Å². The maximum absolute atomic E-state index is 13.2. The summed E-state index contributed by atoms with van der Waals surface area (Å²) >= 11 is 0. The van der Waals surface area contributed by atoms with Crippen LogP contribution in [-0.2, 0) is 0 Å². The first-order valence-electron chi connectivity index (χ1n) is 4.43. The number of nitrogen functional groups attached to an aromatic ring is 1. The van der Waals surface area contributed by atoms with Gasteiger partial charge in [-0.3, -0.25) is 4.79 Å². The Bertz CT molecular complexity index is 524. The van der Waals surface area contributed by atoms with Crippen LogP contribution in [0.2, 0.25) is 0 Å². The maximum Gasteiger partial charge on any atom is 0.292 e. The summed E-state index contributed by atoms with van der Waals surface area (Å²) in [5.74, 6) is -1.10. The Kier molecular flexibility index (Phi) is 2.55. The molecular weight excluding hydrogens is 213 g/mol. The zero-order chi connectivity index (χ0) is 11.5. The standard InChI is InChI=1S/C10H8FN3O2/c11-6-3-1-2-4-7(6)13-9(15)8-5-16-10(12)14-8/h1-5H,(H2,12,14)(H,13,15). The van der Waals surface area contributed by atoms with E-state index in [-0.39, 0.29) is 17.4 Å². The summed E-state index contributed by atoms with van der Waals surface area (Å²) in [6.45, 7) is 0. The highest BCUT2D eigenvalue weighted by Gasteiger charge is 2.12. The molecule has 0 saturated heterocycles. The lowest BCUT2D eigenvalue weighted by Crippen LogP contribution is -2.13. The van der Waals surface area contributed by atoms with Gasteiger partial charge in [-0.05, 0) is 12.1 Å². The highest BCUT2D eigenvalue weighted by Crippen LogP contribution is 2.14. The van der Waals surface area contributed by atoms with Gasteiger partial charge in [-0.2, -0.15) is 4.98 Å². The van der Waals surface area contributed by atoms with Crippen LogP contribution in [-0.4, -0.2) is 10.9 Å². The largest absolute Gasteiger partial charge is 0.431 e. The monoisotopic (exact) mass is 221 g/mol. The first-order chi connectivity index (χ1) is 7.66. The Morgan fingerprint density at radius 2 is 2.19 bits per heavy atom. The van der Waals surface area contributed by atoms with E-state index in [0.29, 0.717) is 0 Å². The van der Waals surface area contributed by atoms with Crippen LogP contribution in [0.4, 0.5) is 16.1 Å². The van der Waals surface area contributed by atoms with Gasteiger partial charge in [0.25, 0.3) is 11.9 Å². The second-order valence-electron chi connectivity index (χ2n) is 3.00. The van der Waals surface area contributed by atoms with Crippen molar-refractivity contribution >= 4 is 17.6 Å². The Labute approximate surface area is 90.1 Å². The third-order valence-electron chi connectivity index (χ3n) is 1.88. The SMILES string of the molecule is Nc1nc(C(=O)Nc2ccccc2F)co1. The minimum absolute atomic E-state index is 0.000697. The molecule has 6 heteroatoms. The molecule has 0 atom stereocenters. The fourth-order valence-corrected chi connectivity index (χ4v) is 1.14. The molecule has 0 bridgehead atoms. The van der Waals surface area contributed by atoms with Gasteiger partial charge in [0.05, 0.1) is 5.69 Å². The van der Waals surface area contributed by atoms with Gasteiger partial charge >= 0.3 is 0 Å². The third-order valence-corrected chi connectivity index (χ3v) is 1.88. The molecule has 0 spiro atoms. The number of anilines is 2. The molecular formula is C10H8FN3O2. The van der Waals surface area contributed by atoms with E-state index < -0.39 is 11.7 Å². The number of nitrogens with zero attached hydrogens (tertiary/aromatic N) is 1. The van der Waals surface area contributed by atoms with Crippen LogP contribution in [0.3, 0.4) is 0 Å². The molecule has 0 unspecified atom stereocenters. The van der Waals surface area contributed by atoms with Crippen molar-refractivity contribution in [3.8, 4) is 0 Å². The molecule has 0 saturated carbocycles. The number of para-hydroxylation sites is 1. The lowest BCUT2D eigenvalue weighted by Gasteiger charge is -2.02. The Hall–Kier alpha value is -2.37. The minimum Gasteiger partial charge on any atom is -0.431 e. The normalized spacial score (nSPS) is 10.1. The molecule has 5 nitrogen and oxygen atoms in total. The van der Waals surface area contributed by atoms with Gasteiger partial charge in [0.1, 0.15) is 12.1 Å². The second kappa shape index (κ2) is 4.01. The Morgan fingerprint density at radius 3 is 2.81 bits per heavy atom. The second-order valence-corrected chi connectivity index (χ2v) is 3.00. The number of amides is 1. The summed E-state index contributed by atoms with van der Waals surface area (Å²) in [5, 5.41) is 2.35. The van der Waals surface area contributed by atoms with Crippen molar-refractivity contribution < 1.29 is 13.6 Å². The van der Waals surface area contributed by atoms with E-state index in [1.807, 2.05) is 0 Å². The van der Waals surface area contributed by atoms with Crippen molar-refractivity contribution in [3.05, 3.63) is 42.0 Å². The molecule has 1 aromatic carbocycles. The lowest BCUT2D eigenvalue weighted by atomic mass is 10.3. The van der Waals surface area contributed by atoms with Crippen LogP contribution in [0.25, 0.3) is 0 Å². The Morgan fingerprint density at radius 1 is 1.44 bits per heavy atom. The van der Waals surface area contributed by atoms with Gasteiger partial charge in [0.15, 0.2) is 5.69 Å². The number of carbonyl (C=O) groups is 1. The topological polar surface area (TPSA) is 81.1 Å². The number of nitrogens with two attached hydrogens (primary N) is 1. The number of benzene rings is 1. The van der Waals surface area contributed by atoms with Crippen LogP contribution >= 0.6 is 0 Å². The van der Waals surface area contributed by atoms with Crippen LogP contribution in [0.1, 0.15) is 10.5 Å². The molecule has 0 fully saturated rings. The molecule has 0 aliphatic carbocycles. The molecule has 2 rings (SSSR count). The van der Waals surface area contributed by atoms with Crippen molar-refractivity contribution in [2.24, 2.45) is 0 Å². The summed E-state index contributed by atoms with van der Waals surface area (Å²) in [6, 6.07) is 5.71. The van der Waals surface area contributed by atoms with E-state index in [2.05, 4.69) is 14.7 Å². The van der Waals surface area contributed by atoms with E-state index in [0.717, 1.165) is 6.26 Å². The Balaban J connectivity index is 2.17. The summed E-state index contributed by atoms with van der Waals surface area (Å²) in [4.78, 5) is 15.1. The third kappa shape index (κ3) is 2.00. The van der Waals surface area contributed by atoms with E-state index in [4.69, 9.17) is 5.73 Å². The van der Waals surface area contributed by atoms with Crippen LogP contribution in [0, 0.1) is 5.82 Å². The van der Waals surface area contributed by atoms with Crippen molar-refractivity contribution in [1.29, 1.82) is 0 Å². The summed E-state index contributed by atoms with van der Waals surface area (Å²) in [5.41, 5.74) is 5.29. The van der Waals surface area contributed by atoms with E-state index in [9.17, 15) is 9.18 Å². The van der Waals surface area contributed by atoms with Gasteiger partial charge in [0.2, 0.25) is 0 Å². The van der Waals surface area contributed by atoms with Gasteiger partial charge in [0, 0.05) is 0 Å². The van der Waals surface area contributed by atoms with Crippen LogP contribution in [0.15, 0.2) is 34.9 Å². The average Bonchev–Trinajstić information content (AvgIpc) is 2.68. The fourth-order valence-electron chi connectivity index (χ4n) is 1.14. The maximum atomic E-state index is 13.2. The molecule has 2 aromatic rings. The number of rotatable bonds is 2. The summed E-state index contributed by atoms with van der Waals surface area (Å²) in [6.07, 6.45) is 1.10. The first kappa shape index (κ1) is 10.2. The zero-order valence-electron chi connectivity index (χ0n) is 8.11. The molecule has 1 amide bonds. The highest BCUT2D eigenvalue weighted by atomic mass is 19.1. The zero-order valence-corrected chi connectivity index (χ0v) is 8.11. The molecule has 1 heterocycles. The number of nitrogens with one attached hydrogen (secondary N) is 1. The number of carbonyl (C=O) groups excluding carboxylic acids is 1. The van der Waals surface area contributed by atoms with Gasteiger partial charge in [-0.15, -0.1) is 0 Å². The van der Waals surface area contributed by atoms with Crippen molar-refractivity contribution in [2.45, 2.75) is 0 Å². The van der Waals surface area contributed by atoms with Crippen LogP contribution in [0.5, 0.6) is 0 Å². The van der Waals surface area contributed by atoms with Crippen molar-refractivity contribution in [1.82, 2.24) is 4.98 Å². The molecule has 1 aromatic heterocycles. The predicted octanol–water partition coefficient (Wildman–Crippen LogP) is 1.65. The molecule has 3 N–H and O–H groups in total. The number of hydrogen-bond acceptors (Lipinski definition) is 4. The van der Waals surface area contributed by atoms with E-state index >= 15 is 0 Å². The summed E-state index contributed by atoms with van der Waals surface area (Å²) in [7, 11) is 0. The van der Waals surface area contributed by atoms with E-state index in [1.165, 1.54) is 18.2 Å². The smallest absolute Gasteiger partial charge is 0.292 e. The molecule has 16 heavy (non-hydrogen) atoms. The van der Waals surface area contributed by atoms with Crippen LogP contribution < -0.4 is 11.1 Å². The van der Waals surface area contributed by atoms with E-state index in [1.54, 1.807) is 6.07 Å². The number of oxazole rings is 1. The lowest BCUT2D eigenvalue weighted by molar-refractivity contribution is 0.102. The van der Waals surface area contributed by atoms with Gasteiger partial charge < -0.3 is 15.5 Å². The summed E-state index contributed by atoms with van der Waals surface area (Å²) < 4.78 is 17.9. The number of hydrogen-bond donors (Lipinski definition) is 2. The molecule has 82 valence electrons. The fraction of sp³-hybridized carbons (Fsp3) is 0. The quantitative estimate of drug-likeness (QED) is 0.807. The molecule has 0 aliphatic rings. The average molecular weight is 221 g/mol.